The number of nitrogens with zero attached hydrogens (tertiary/aromatic N) is 2. The van der Waals surface area contributed by atoms with Crippen LogP contribution in [0.15, 0.2) is 30.3 Å². The van der Waals surface area contributed by atoms with Gasteiger partial charge in [0, 0.05) is 18.8 Å². The molecule has 38 heavy (non-hydrogen) atoms. The normalized spacial score (nSPS) is 13.0. The van der Waals surface area contributed by atoms with Crippen molar-refractivity contribution in [1.29, 1.82) is 0 Å². The molecule has 0 aliphatic carbocycles. The number of methoxy groups -OCH3 is 1. The van der Waals surface area contributed by atoms with Crippen LogP contribution < -0.4 is 14.4 Å². The van der Waals surface area contributed by atoms with Crippen LogP contribution in [-0.4, -0.2) is 69.2 Å². The maximum atomic E-state index is 13.2. The highest BCUT2D eigenvalue weighted by Crippen LogP contribution is 2.40. The highest BCUT2D eigenvalue weighted by atomic mass is 35.5. The number of hydrogen-bond donors (Lipinski definition) is 0. The molecule has 1 aliphatic heterocycles. The van der Waals surface area contributed by atoms with Gasteiger partial charge in [-0.2, -0.15) is 0 Å². The summed E-state index contributed by atoms with van der Waals surface area (Å²) < 4.78 is 21.5. The van der Waals surface area contributed by atoms with Gasteiger partial charge in [-0.3, -0.25) is 14.4 Å². The van der Waals surface area contributed by atoms with E-state index in [1.54, 1.807) is 32.0 Å². The van der Waals surface area contributed by atoms with Gasteiger partial charge in [0.15, 0.2) is 5.75 Å². The summed E-state index contributed by atoms with van der Waals surface area (Å²) in [5, 5.41) is 0.287. The van der Waals surface area contributed by atoms with Gasteiger partial charge in [0.05, 0.1) is 35.9 Å². The topological polar surface area (TPSA) is 94.6 Å². The number of anilines is 1. The molecular weight excluding hydrogens is 535 g/mol. The summed E-state index contributed by atoms with van der Waals surface area (Å²) in [6, 6.07) is 7.97. The Bertz CT molecular complexity index is 1110. The number of ether oxygens (including phenoxy) is 4. The molecule has 0 radical (unpaired) electrons. The summed E-state index contributed by atoms with van der Waals surface area (Å²) in [6.45, 7) is 4.76. The van der Waals surface area contributed by atoms with Crippen LogP contribution in [0.3, 0.4) is 0 Å². The molecule has 9 nitrogen and oxygen atoms in total. The minimum absolute atomic E-state index is 0.131. The molecule has 1 aliphatic rings. The van der Waals surface area contributed by atoms with Gasteiger partial charge >= 0.3 is 11.9 Å². The zero-order valence-electron chi connectivity index (χ0n) is 21.8. The van der Waals surface area contributed by atoms with Crippen LogP contribution in [0.2, 0.25) is 10.0 Å². The van der Waals surface area contributed by atoms with Crippen molar-refractivity contribution in [2.24, 2.45) is 0 Å². The molecule has 1 heterocycles. The zero-order chi connectivity index (χ0) is 27.7. The van der Waals surface area contributed by atoms with Gasteiger partial charge in [-0.15, -0.1) is 0 Å². The Morgan fingerprint density at radius 2 is 1.47 bits per heavy atom. The lowest BCUT2D eigenvalue weighted by atomic mass is 10.1. The lowest BCUT2D eigenvalue weighted by molar-refractivity contribution is -0.142. The maximum Gasteiger partial charge on any atom is 0.325 e. The molecule has 1 amide bonds. The summed E-state index contributed by atoms with van der Waals surface area (Å²) in [4.78, 5) is 40.7. The van der Waals surface area contributed by atoms with E-state index in [-0.39, 0.29) is 48.0 Å². The molecule has 2 aromatic carbocycles. The molecule has 1 fully saturated rings. The summed E-state index contributed by atoms with van der Waals surface area (Å²) in [7, 11) is 1.51. The van der Waals surface area contributed by atoms with E-state index in [0.29, 0.717) is 35.8 Å². The van der Waals surface area contributed by atoms with E-state index in [1.165, 1.54) is 24.1 Å². The Labute approximate surface area is 232 Å². The zero-order valence-corrected chi connectivity index (χ0v) is 23.3. The Balaban J connectivity index is 1.87. The minimum Gasteiger partial charge on any atom is -0.496 e. The lowest BCUT2D eigenvalue weighted by Gasteiger charge is -2.27. The number of halogens is 2. The van der Waals surface area contributed by atoms with Gasteiger partial charge < -0.3 is 28.7 Å². The van der Waals surface area contributed by atoms with Crippen molar-refractivity contribution in [3.05, 3.63) is 45.9 Å². The monoisotopic (exact) mass is 566 g/mol. The van der Waals surface area contributed by atoms with Crippen molar-refractivity contribution in [1.82, 2.24) is 4.90 Å². The molecule has 206 valence electrons. The minimum atomic E-state index is -0.520. The number of rotatable bonds is 11. The number of carbonyl (C=O) groups excluding carboxylic acids is 3. The van der Waals surface area contributed by atoms with Crippen molar-refractivity contribution in [2.75, 3.05) is 51.4 Å². The molecule has 0 N–H and O–H groups in total. The first-order chi connectivity index (χ1) is 18.3. The molecule has 0 saturated carbocycles. The van der Waals surface area contributed by atoms with E-state index in [4.69, 9.17) is 42.1 Å². The van der Waals surface area contributed by atoms with Crippen molar-refractivity contribution in [3.8, 4) is 17.2 Å². The summed E-state index contributed by atoms with van der Waals surface area (Å²) in [6.07, 6.45) is 3.03. The molecular formula is C27H32Cl2N2O7. The van der Waals surface area contributed by atoms with Gasteiger partial charge in [-0.25, -0.2) is 0 Å². The van der Waals surface area contributed by atoms with Crippen LogP contribution >= 0.6 is 23.2 Å². The number of amides is 1. The van der Waals surface area contributed by atoms with Crippen molar-refractivity contribution < 1.29 is 33.3 Å². The smallest absolute Gasteiger partial charge is 0.325 e. The fourth-order valence-electron chi connectivity index (χ4n) is 4.09. The highest BCUT2D eigenvalue weighted by Gasteiger charge is 2.24. The largest absolute Gasteiger partial charge is 0.496 e. The molecule has 0 bridgehead atoms. The first-order valence-electron chi connectivity index (χ1n) is 12.5. The average Bonchev–Trinajstić information content (AvgIpc) is 2.90. The average molecular weight is 567 g/mol. The predicted octanol–water partition coefficient (Wildman–Crippen LogP) is 5.35. The van der Waals surface area contributed by atoms with Crippen molar-refractivity contribution in [3.63, 3.8) is 0 Å². The van der Waals surface area contributed by atoms with E-state index in [2.05, 4.69) is 0 Å². The van der Waals surface area contributed by atoms with Gasteiger partial charge in [0.2, 0.25) is 0 Å². The maximum absolute atomic E-state index is 13.2. The fourth-order valence-corrected chi connectivity index (χ4v) is 4.65. The molecule has 2 aromatic rings. The standard InChI is InChI=1S/C27H32Cl2N2O7/c1-4-36-24(32)16-31(17-25(33)37-5-2)18-13-21(28)26(22(29)14-18)38-19-9-10-23(35-3)20(15-19)27(34)30-11-7-6-8-12-30/h9-10,13-15H,4-8,11-12,16-17H2,1-3H3. The first kappa shape index (κ1) is 29.4. The summed E-state index contributed by atoms with van der Waals surface area (Å²) in [5.74, 6) is -0.229. The Hall–Kier alpha value is -3.17. The van der Waals surface area contributed by atoms with Crippen LogP contribution in [-0.2, 0) is 19.1 Å². The van der Waals surface area contributed by atoms with Gasteiger partial charge in [-0.1, -0.05) is 23.2 Å². The van der Waals surface area contributed by atoms with Crippen molar-refractivity contribution >= 4 is 46.7 Å². The van der Waals surface area contributed by atoms with Crippen molar-refractivity contribution in [2.45, 2.75) is 33.1 Å². The number of benzene rings is 2. The van der Waals surface area contributed by atoms with Gasteiger partial charge in [0.25, 0.3) is 5.91 Å². The third kappa shape index (κ3) is 7.68. The van der Waals surface area contributed by atoms with Crippen LogP contribution in [0.4, 0.5) is 5.69 Å². The van der Waals surface area contributed by atoms with E-state index < -0.39 is 11.9 Å². The van der Waals surface area contributed by atoms with Gasteiger partial charge in [0.1, 0.15) is 24.6 Å². The third-order valence-electron chi connectivity index (χ3n) is 5.86. The second kappa shape index (κ2) is 14.1. The molecule has 3 rings (SSSR count). The van der Waals surface area contributed by atoms with E-state index in [0.717, 1.165) is 19.3 Å². The third-order valence-corrected chi connectivity index (χ3v) is 6.42. The Morgan fingerprint density at radius 3 is 2.00 bits per heavy atom. The number of hydrogen-bond acceptors (Lipinski definition) is 8. The van der Waals surface area contributed by atoms with Gasteiger partial charge in [-0.05, 0) is 63.4 Å². The Morgan fingerprint density at radius 1 is 0.895 bits per heavy atom. The molecule has 11 heteroatoms. The molecule has 0 atom stereocenters. The van der Waals surface area contributed by atoms with Crippen LogP contribution in [0, 0.1) is 0 Å². The van der Waals surface area contributed by atoms with Crippen LogP contribution in [0.25, 0.3) is 0 Å². The number of piperidine rings is 1. The second-order valence-electron chi connectivity index (χ2n) is 8.52. The lowest BCUT2D eigenvalue weighted by Crippen LogP contribution is -2.36. The van der Waals surface area contributed by atoms with E-state index in [1.807, 2.05) is 4.90 Å². The van der Waals surface area contributed by atoms with Crippen LogP contribution in [0.1, 0.15) is 43.5 Å². The number of esters is 2. The van der Waals surface area contributed by atoms with Crippen LogP contribution in [0.5, 0.6) is 17.2 Å². The summed E-state index contributed by atoms with van der Waals surface area (Å²) in [5.41, 5.74) is 0.787. The molecule has 0 aromatic heterocycles. The van der Waals surface area contributed by atoms with E-state index in [9.17, 15) is 14.4 Å². The highest BCUT2D eigenvalue weighted by molar-refractivity contribution is 6.37. The molecule has 0 spiro atoms. The SMILES string of the molecule is CCOC(=O)CN(CC(=O)OCC)c1cc(Cl)c(Oc2ccc(OC)c(C(=O)N3CCCCC3)c2)c(Cl)c1. The van der Waals surface area contributed by atoms with E-state index >= 15 is 0 Å². The fraction of sp³-hybridized carbons (Fsp3) is 0.444. The number of likely N-dealkylation sites (tertiary alicyclic amines) is 1. The first-order valence-corrected chi connectivity index (χ1v) is 13.2. The second-order valence-corrected chi connectivity index (χ2v) is 9.34. The summed E-state index contributed by atoms with van der Waals surface area (Å²) >= 11 is 13.1. The molecule has 0 unspecified atom stereocenters. The Kier molecular flexibility index (Phi) is 10.9. The predicted molar refractivity (Wildman–Crippen MR) is 145 cm³/mol. The molecule has 1 saturated heterocycles. The quantitative estimate of drug-likeness (QED) is 0.336. The number of carbonyl (C=O) groups is 3.